The van der Waals surface area contributed by atoms with Gasteiger partial charge in [-0.3, -0.25) is 4.79 Å². The molecular weight excluding hydrogens is 399 g/mol. The van der Waals surface area contributed by atoms with Gasteiger partial charge in [0.25, 0.3) is 0 Å². The third-order valence-electron chi connectivity index (χ3n) is 6.73. The molecule has 0 unspecified atom stereocenters. The van der Waals surface area contributed by atoms with Gasteiger partial charge >= 0.3 is 5.97 Å². The molecule has 1 aliphatic carbocycles. The Morgan fingerprint density at radius 2 is 1.65 bits per heavy atom. The number of halogens is 1. The van der Waals surface area contributed by atoms with Gasteiger partial charge in [-0.05, 0) is 49.3 Å². The normalized spacial score (nSPS) is 24.5. The molecule has 170 valence electrons. The molecule has 31 heavy (non-hydrogen) atoms. The summed E-state index contributed by atoms with van der Waals surface area (Å²) in [6, 6.07) is 10.6. The Balaban J connectivity index is 1.55. The van der Waals surface area contributed by atoms with Crippen LogP contribution in [-0.4, -0.2) is 38.6 Å². The molecule has 0 aliphatic heterocycles. The Bertz CT molecular complexity index is 870. The summed E-state index contributed by atoms with van der Waals surface area (Å²) >= 11 is 0. The van der Waals surface area contributed by atoms with Crippen molar-refractivity contribution in [3.8, 4) is 0 Å². The molecule has 2 aromatic rings. The Morgan fingerprint density at radius 3 is 2.39 bits per heavy atom. The number of carboxylic acids is 1. The minimum absolute atomic E-state index is 0.0527. The number of rotatable bonds is 11. The number of hydrogen-bond acceptors (Lipinski definition) is 4. The van der Waals surface area contributed by atoms with E-state index in [-0.39, 0.29) is 23.8 Å². The topological polar surface area (TPSA) is 98.0 Å². The van der Waals surface area contributed by atoms with Gasteiger partial charge in [-0.25, -0.2) is 4.39 Å². The van der Waals surface area contributed by atoms with Gasteiger partial charge < -0.3 is 20.4 Å². The van der Waals surface area contributed by atoms with E-state index < -0.39 is 30.1 Å². The molecule has 0 aromatic heterocycles. The molecule has 0 amide bonds. The maximum absolute atomic E-state index is 14.9. The van der Waals surface area contributed by atoms with Gasteiger partial charge in [-0.2, -0.15) is 0 Å². The molecular formula is C25H33FO5. The standard InChI is InChI=1S/C25H33FO5/c26-25-17-8-6-5-7-16(17)11-12-20(25)21(27)14-13-19-18(22(28)15-23(19)29)9-3-1-2-4-10-24(30)31/h5-8,11-12,18-19,21-23,27-29H,1-4,9-10,13-15H2,(H,30,31)/t18-,19-,21+,22+,23-/m1/s1. The summed E-state index contributed by atoms with van der Waals surface area (Å²) in [6.45, 7) is 0. The highest BCUT2D eigenvalue weighted by Gasteiger charge is 2.41. The summed E-state index contributed by atoms with van der Waals surface area (Å²) in [6.07, 6.45) is 3.17. The molecule has 3 rings (SSSR count). The number of aliphatic carboxylic acids is 1. The zero-order valence-electron chi connectivity index (χ0n) is 17.8. The van der Waals surface area contributed by atoms with Crippen molar-refractivity contribution in [3.05, 3.63) is 47.8 Å². The number of aliphatic hydroxyl groups excluding tert-OH is 3. The van der Waals surface area contributed by atoms with Crippen molar-refractivity contribution >= 4 is 16.7 Å². The van der Waals surface area contributed by atoms with E-state index >= 15 is 0 Å². The zero-order chi connectivity index (χ0) is 22.4. The van der Waals surface area contributed by atoms with Gasteiger partial charge in [-0.15, -0.1) is 0 Å². The molecule has 1 saturated carbocycles. The van der Waals surface area contributed by atoms with Crippen LogP contribution < -0.4 is 0 Å². The number of carboxylic acid groups (broad SMARTS) is 1. The van der Waals surface area contributed by atoms with Crippen molar-refractivity contribution < 1.29 is 29.6 Å². The van der Waals surface area contributed by atoms with E-state index in [0.29, 0.717) is 31.1 Å². The van der Waals surface area contributed by atoms with E-state index in [0.717, 1.165) is 31.1 Å². The summed E-state index contributed by atoms with van der Waals surface area (Å²) in [5, 5.41) is 41.4. The molecule has 0 bridgehead atoms. The van der Waals surface area contributed by atoms with Crippen molar-refractivity contribution in [2.75, 3.05) is 0 Å². The quantitative estimate of drug-likeness (QED) is 0.390. The second kappa shape index (κ2) is 11.0. The van der Waals surface area contributed by atoms with Crippen LogP contribution >= 0.6 is 0 Å². The first-order valence-electron chi connectivity index (χ1n) is 11.3. The molecule has 4 N–H and O–H groups in total. The first-order valence-corrected chi connectivity index (χ1v) is 11.3. The largest absolute Gasteiger partial charge is 0.481 e. The van der Waals surface area contributed by atoms with Crippen molar-refractivity contribution in [1.29, 1.82) is 0 Å². The average Bonchev–Trinajstić information content (AvgIpc) is 3.01. The predicted molar refractivity (Wildman–Crippen MR) is 117 cm³/mol. The first kappa shape index (κ1) is 23.6. The van der Waals surface area contributed by atoms with E-state index in [2.05, 4.69) is 0 Å². The minimum atomic E-state index is -0.966. The first-order chi connectivity index (χ1) is 14.9. The number of aliphatic hydroxyl groups is 3. The number of unbranched alkanes of at least 4 members (excludes halogenated alkanes) is 3. The molecule has 2 aromatic carbocycles. The van der Waals surface area contributed by atoms with Gasteiger partial charge in [0.2, 0.25) is 0 Å². The molecule has 6 heteroatoms. The maximum atomic E-state index is 14.9. The highest BCUT2D eigenvalue weighted by Crippen LogP contribution is 2.40. The lowest BCUT2D eigenvalue weighted by Crippen LogP contribution is -2.23. The summed E-state index contributed by atoms with van der Waals surface area (Å²) < 4.78 is 14.9. The molecule has 5 nitrogen and oxygen atoms in total. The van der Waals surface area contributed by atoms with Crippen LogP contribution in [0.4, 0.5) is 4.39 Å². The minimum Gasteiger partial charge on any atom is -0.481 e. The van der Waals surface area contributed by atoms with Crippen LogP contribution in [0.15, 0.2) is 36.4 Å². The van der Waals surface area contributed by atoms with Gasteiger partial charge in [0.1, 0.15) is 5.82 Å². The van der Waals surface area contributed by atoms with E-state index in [4.69, 9.17) is 5.11 Å². The smallest absolute Gasteiger partial charge is 0.303 e. The lowest BCUT2D eigenvalue weighted by molar-refractivity contribution is -0.137. The van der Waals surface area contributed by atoms with Crippen LogP contribution in [0.1, 0.15) is 69.5 Å². The van der Waals surface area contributed by atoms with Crippen LogP contribution in [-0.2, 0) is 4.79 Å². The summed E-state index contributed by atoms with van der Waals surface area (Å²) in [7, 11) is 0. The van der Waals surface area contributed by atoms with Gasteiger partial charge in [0, 0.05) is 17.4 Å². The van der Waals surface area contributed by atoms with Crippen LogP contribution in [0.2, 0.25) is 0 Å². The van der Waals surface area contributed by atoms with Gasteiger partial charge in [-0.1, -0.05) is 55.7 Å². The number of fused-ring (bicyclic) bond motifs is 1. The Morgan fingerprint density at radius 1 is 0.968 bits per heavy atom. The lowest BCUT2D eigenvalue weighted by Gasteiger charge is -2.25. The molecule has 0 spiro atoms. The Labute approximate surface area is 182 Å². The highest BCUT2D eigenvalue weighted by atomic mass is 19.1. The number of carbonyl (C=O) groups is 1. The number of hydrogen-bond donors (Lipinski definition) is 4. The fraction of sp³-hybridized carbons (Fsp3) is 0.560. The second-order valence-electron chi connectivity index (χ2n) is 8.83. The number of benzene rings is 2. The Kier molecular flexibility index (Phi) is 8.41. The van der Waals surface area contributed by atoms with Crippen LogP contribution in [0.3, 0.4) is 0 Å². The monoisotopic (exact) mass is 432 g/mol. The van der Waals surface area contributed by atoms with E-state index in [1.165, 1.54) is 0 Å². The zero-order valence-corrected chi connectivity index (χ0v) is 17.8. The predicted octanol–water partition coefficient (Wildman–Crippen LogP) is 4.58. The maximum Gasteiger partial charge on any atom is 0.303 e. The molecule has 1 fully saturated rings. The molecule has 0 radical (unpaired) electrons. The summed E-state index contributed by atoms with van der Waals surface area (Å²) in [5.41, 5.74) is 0.265. The van der Waals surface area contributed by atoms with Crippen molar-refractivity contribution in [3.63, 3.8) is 0 Å². The molecule has 5 atom stereocenters. The van der Waals surface area contributed by atoms with E-state index in [9.17, 15) is 24.5 Å². The van der Waals surface area contributed by atoms with Gasteiger partial charge in [0.05, 0.1) is 18.3 Å². The fourth-order valence-corrected chi connectivity index (χ4v) is 5.00. The van der Waals surface area contributed by atoms with Crippen LogP contribution in [0.25, 0.3) is 10.8 Å². The molecule has 0 heterocycles. The van der Waals surface area contributed by atoms with Crippen LogP contribution in [0, 0.1) is 17.7 Å². The van der Waals surface area contributed by atoms with E-state index in [1.54, 1.807) is 24.3 Å². The molecule has 1 aliphatic rings. The highest BCUT2D eigenvalue weighted by molar-refractivity contribution is 5.83. The van der Waals surface area contributed by atoms with Crippen LogP contribution in [0.5, 0.6) is 0 Å². The molecule has 0 saturated heterocycles. The second-order valence-corrected chi connectivity index (χ2v) is 8.83. The SMILES string of the molecule is O=C(O)CCCCCC[C@@H]1[C@@H](CC[C@H](O)c2ccc3ccccc3c2F)[C@H](O)C[C@@H]1O. The van der Waals surface area contributed by atoms with Crippen molar-refractivity contribution in [2.24, 2.45) is 11.8 Å². The van der Waals surface area contributed by atoms with E-state index in [1.807, 2.05) is 12.1 Å². The third-order valence-corrected chi connectivity index (χ3v) is 6.73. The Hall–Kier alpha value is -2.02. The fourth-order valence-electron chi connectivity index (χ4n) is 5.00. The lowest BCUT2D eigenvalue weighted by atomic mass is 9.84. The summed E-state index contributed by atoms with van der Waals surface area (Å²) in [5.74, 6) is -1.37. The average molecular weight is 433 g/mol. The van der Waals surface area contributed by atoms with Crippen molar-refractivity contribution in [1.82, 2.24) is 0 Å². The summed E-state index contributed by atoms with van der Waals surface area (Å²) in [4.78, 5) is 10.6. The third kappa shape index (κ3) is 6.03. The van der Waals surface area contributed by atoms with Crippen molar-refractivity contribution in [2.45, 2.75) is 76.1 Å². The van der Waals surface area contributed by atoms with Gasteiger partial charge in [0.15, 0.2) is 0 Å².